The predicted molar refractivity (Wildman–Crippen MR) is 95.5 cm³/mol. The summed E-state index contributed by atoms with van der Waals surface area (Å²) in [5.74, 6) is -0.281. The van der Waals surface area contributed by atoms with Gasteiger partial charge in [-0.05, 0) is 47.4 Å². The first-order valence-electron chi connectivity index (χ1n) is 7.14. The van der Waals surface area contributed by atoms with Gasteiger partial charge in [0, 0.05) is 16.1 Å². The predicted octanol–water partition coefficient (Wildman–Crippen LogP) is 4.63. The maximum Gasteiger partial charge on any atom is 0.256 e. The van der Waals surface area contributed by atoms with E-state index < -0.39 is 0 Å². The van der Waals surface area contributed by atoms with E-state index in [1.165, 1.54) is 0 Å². The number of anilines is 1. The Morgan fingerprint density at radius 1 is 1.00 bits per heavy atom. The van der Waals surface area contributed by atoms with Gasteiger partial charge in [0.05, 0.1) is 5.56 Å². The molecule has 0 aliphatic carbocycles. The smallest absolute Gasteiger partial charge is 0.256 e. The molecule has 1 N–H and O–H groups in total. The molecule has 4 heteroatoms. The lowest BCUT2D eigenvalue weighted by Crippen LogP contribution is -2.14. The van der Waals surface area contributed by atoms with E-state index in [0.717, 1.165) is 22.0 Å². The molecule has 0 radical (unpaired) electrons. The van der Waals surface area contributed by atoms with Crippen LogP contribution in [0.15, 0.2) is 65.6 Å². The molecule has 0 bridgehead atoms. The summed E-state index contributed by atoms with van der Waals surface area (Å²) in [5.41, 5.74) is 1.49. The van der Waals surface area contributed by atoms with Crippen molar-refractivity contribution in [2.75, 3.05) is 11.6 Å². The van der Waals surface area contributed by atoms with Crippen molar-refractivity contribution in [3.63, 3.8) is 0 Å². The Labute approximate surface area is 138 Å². The molecule has 0 aliphatic heterocycles. The highest BCUT2D eigenvalue weighted by atomic mass is 32.2. The Balaban J connectivity index is 1.97. The van der Waals surface area contributed by atoms with Crippen LogP contribution in [0.2, 0.25) is 0 Å². The number of aldehydes is 1. The number of rotatable bonds is 4. The average Bonchev–Trinajstić information content (AvgIpc) is 2.60. The van der Waals surface area contributed by atoms with E-state index in [4.69, 9.17) is 0 Å². The van der Waals surface area contributed by atoms with Crippen LogP contribution in [0.5, 0.6) is 0 Å². The Morgan fingerprint density at radius 2 is 1.74 bits per heavy atom. The number of nitrogens with one attached hydrogen (secondary N) is 1. The Bertz CT molecular complexity index is 889. The molecule has 3 aromatic rings. The summed E-state index contributed by atoms with van der Waals surface area (Å²) in [6, 6.07) is 18.8. The summed E-state index contributed by atoms with van der Waals surface area (Å²) < 4.78 is 0. The third kappa shape index (κ3) is 3.27. The lowest BCUT2D eigenvalue weighted by atomic mass is 10.0. The van der Waals surface area contributed by atoms with Gasteiger partial charge < -0.3 is 5.32 Å². The van der Waals surface area contributed by atoms with Gasteiger partial charge in [-0.15, -0.1) is 11.8 Å². The quantitative estimate of drug-likeness (QED) is 0.563. The van der Waals surface area contributed by atoms with Crippen LogP contribution in [0, 0.1) is 0 Å². The van der Waals surface area contributed by atoms with Gasteiger partial charge in [0.15, 0.2) is 6.29 Å². The highest BCUT2D eigenvalue weighted by Gasteiger charge is 2.13. The summed E-state index contributed by atoms with van der Waals surface area (Å²) >= 11 is 1.61. The second kappa shape index (κ2) is 6.67. The molecule has 0 unspecified atom stereocenters. The fourth-order valence-electron chi connectivity index (χ4n) is 2.45. The molecule has 23 heavy (non-hydrogen) atoms. The SMILES string of the molecule is CSc1cccc(NC(=O)c2cc3ccccc3cc2C=O)c1. The molecule has 0 atom stereocenters. The zero-order chi connectivity index (χ0) is 16.2. The van der Waals surface area contributed by atoms with E-state index >= 15 is 0 Å². The number of hydrogen-bond acceptors (Lipinski definition) is 3. The fraction of sp³-hybridized carbons (Fsp3) is 0.0526. The lowest BCUT2D eigenvalue weighted by Gasteiger charge is -2.09. The van der Waals surface area contributed by atoms with E-state index in [2.05, 4.69) is 5.32 Å². The lowest BCUT2D eigenvalue weighted by molar-refractivity contribution is 0.101. The minimum absolute atomic E-state index is 0.281. The molecule has 0 spiro atoms. The summed E-state index contributed by atoms with van der Waals surface area (Å²) in [6.07, 6.45) is 2.70. The van der Waals surface area contributed by atoms with Crippen molar-refractivity contribution in [2.24, 2.45) is 0 Å². The van der Waals surface area contributed by atoms with Crippen LogP contribution < -0.4 is 5.32 Å². The molecule has 3 aromatic carbocycles. The van der Waals surface area contributed by atoms with Crippen LogP contribution in [0.3, 0.4) is 0 Å². The second-order valence-electron chi connectivity index (χ2n) is 5.09. The molecule has 0 aliphatic rings. The fourth-order valence-corrected chi connectivity index (χ4v) is 2.91. The molecule has 3 rings (SSSR count). The molecular formula is C19H15NO2S. The molecule has 0 aromatic heterocycles. The van der Waals surface area contributed by atoms with Gasteiger partial charge in [0.25, 0.3) is 5.91 Å². The number of carbonyl (C=O) groups is 2. The largest absolute Gasteiger partial charge is 0.322 e. The first-order chi connectivity index (χ1) is 11.2. The average molecular weight is 321 g/mol. The zero-order valence-corrected chi connectivity index (χ0v) is 13.4. The standard InChI is InChI=1S/C19H15NO2S/c1-23-17-8-4-7-16(11-17)20-19(22)18-10-14-6-3-2-5-13(14)9-15(18)12-21/h2-12H,1H3,(H,20,22). The van der Waals surface area contributed by atoms with Crippen LogP contribution >= 0.6 is 11.8 Å². The van der Waals surface area contributed by atoms with Crippen molar-refractivity contribution >= 4 is 40.4 Å². The first kappa shape index (κ1) is 15.3. The van der Waals surface area contributed by atoms with Crippen LogP contribution in [0.1, 0.15) is 20.7 Å². The molecule has 1 amide bonds. The molecule has 114 valence electrons. The van der Waals surface area contributed by atoms with Crippen molar-refractivity contribution in [3.8, 4) is 0 Å². The maximum atomic E-state index is 12.6. The summed E-state index contributed by atoms with van der Waals surface area (Å²) in [6.45, 7) is 0. The molecule has 0 heterocycles. The second-order valence-corrected chi connectivity index (χ2v) is 5.97. The normalized spacial score (nSPS) is 10.5. The van der Waals surface area contributed by atoms with Crippen molar-refractivity contribution in [1.82, 2.24) is 0 Å². The van der Waals surface area contributed by atoms with Crippen LogP contribution in [0.25, 0.3) is 10.8 Å². The summed E-state index contributed by atoms with van der Waals surface area (Å²) in [7, 11) is 0. The van der Waals surface area contributed by atoms with Crippen molar-refractivity contribution < 1.29 is 9.59 Å². The maximum absolute atomic E-state index is 12.6. The molecule has 0 saturated carbocycles. The van der Waals surface area contributed by atoms with E-state index in [1.54, 1.807) is 23.9 Å². The number of carbonyl (C=O) groups excluding carboxylic acids is 2. The van der Waals surface area contributed by atoms with Gasteiger partial charge in [-0.1, -0.05) is 30.3 Å². The molecule has 3 nitrogen and oxygen atoms in total. The third-order valence-corrected chi connectivity index (χ3v) is 4.34. The number of benzene rings is 3. The minimum Gasteiger partial charge on any atom is -0.322 e. The van der Waals surface area contributed by atoms with Crippen LogP contribution in [0.4, 0.5) is 5.69 Å². The summed E-state index contributed by atoms with van der Waals surface area (Å²) in [4.78, 5) is 25.0. The van der Waals surface area contributed by atoms with Gasteiger partial charge in [-0.2, -0.15) is 0 Å². The van der Waals surface area contributed by atoms with Crippen molar-refractivity contribution in [2.45, 2.75) is 4.90 Å². The van der Waals surface area contributed by atoms with Crippen LogP contribution in [-0.2, 0) is 0 Å². The number of fused-ring (bicyclic) bond motifs is 1. The Kier molecular flexibility index (Phi) is 4.44. The van der Waals surface area contributed by atoms with Crippen LogP contribution in [-0.4, -0.2) is 18.4 Å². The Morgan fingerprint density at radius 3 is 2.43 bits per heavy atom. The van der Waals surface area contributed by atoms with Crippen molar-refractivity contribution in [1.29, 1.82) is 0 Å². The van der Waals surface area contributed by atoms with Gasteiger partial charge in [0.1, 0.15) is 0 Å². The highest BCUT2D eigenvalue weighted by molar-refractivity contribution is 7.98. The van der Waals surface area contributed by atoms with Gasteiger partial charge in [-0.3, -0.25) is 9.59 Å². The summed E-state index contributed by atoms with van der Waals surface area (Å²) in [5, 5.41) is 4.73. The van der Waals surface area contributed by atoms with E-state index in [-0.39, 0.29) is 5.91 Å². The molecular weight excluding hydrogens is 306 g/mol. The topological polar surface area (TPSA) is 46.2 Å². The minimum atomic E-state index is -0.281. The van der Waals surface area contributed by atoms with Gasteiger partial charge in [-0.25, -0.2) is 0 Å². The monoisotopic (exact) mass is 321 g/mol. The van der Waals surface area contributed by atoms with E-state index in [1.807, 2.05) is 54.8 Å². The molecule has 0 saturated heterocycles. The van der Waals surface area contributed by atoms with E-state index in [9.17, 15) is 9.59 Å². The zero-order valence-electron chi connectivity index (χ0n) is 12.6. The molecule has 0 fully saturated rings. The third-order valence-electron chi connectivity index (χ3n) is 3.62. The highest BCUT2D eigenvalue weighted by Crippen LogP contribution is 2.22. The number of hydrogen-bond donors (Lipinski definition) is 1. The van der Waals surface area contributed by atoms with E-state index in [0.29, 0.717) is 16.8 Å². The van der Waals surface area contributed by atoms with Gasteiger partial charge >= 0.3 is 0 Å². The first-order valence-corrected chi connectivity index (χ1v) is 8.37. The Hall–Kier alpha value is -2.59. The number of thioether (sulfide) groups is 1. The van der Waals surface area contributed by atoms with Crippen molar-refractivity contribution in [3.05, 3.63) is 71.8 Å². The van der Waals surface area contributed by atoms with Gasteiger partial charge in [0.2, 0.25) is 0 Å². The number of amides is 1.